The summed E-state index contributed by atoms with van der Waals surface area (Å²) in [6, 6.07) is 21.7. The Labute approximate surface area is 242 Å². The summed E-state index contributed by atoms with van der Waals surface area (Å²) < 4.78 is 49.6. The lowest BCUT2D eigenvalue weighted by molar-refractivity contribution is 0.264. The fraction of sp³-hybridized carbons (Fsp3) is 0.344. The van der Waals surface area contributed by atoms with Crippen molar-refractivity contribution in [1.82, 2.24) is 10.1 Å². The average molecular weight is 579 g/mol. The van der Waals surface area contributed by atoms with Crippen molar-refractivity contribution in [1.29, 1.82) is 0 Å². The van der Waals surface area contributed by atoms with E-state index in [1.165, 1.54) is 5.56 Å². The Kier molecular flexibility index (Phi) is 10.1. The van der Waals surface area contributed by atoms with Gasteiger partial charge in [-0.25, -0.2) is 8.42 Å². The second kappa shape index (κ2) is 13.7. The van der Waals surface area contributed by atoms with Crippen LogP contribution in [0.15, 0.2) is 87.1 Å². The first-order valence-corrected chi connectivity index (χ1v) is 15.1. The molecule has 41 heavy (non-hydrogen) atoms. The van der Waals surface area contributed by atoms with Crippen LogP contribution in [0.4, 0.5) is 0 Å². The smallest absolute Gasteiger partial charge is 0.212 e. The van der Waals surface area contributed by atoms with E-state index in [-0.39, 0.29) is 15.7 Å². The number of benzene rings is 3. The van der Waals surface area contributed by atoms with Crippen LogP contribution in [0.25, 0.3) is 11.3 Å². The van der Waals surface area contributed by atoms with Crippen LogP contribution in [0.5, 0.6) is 17.2 Å². The zero-order valence-corrected chi connectivity index (χ0v) is 25.1. The van der Waals surface area contributed by atoms with Gasteiger partial charge >= 0.3 is 0 Å². The molecule has 0 atom stereocenters. The van der Waals surface area contributed by atoms with Gasteiger partial charge in [0.15, 0.2) is 17.3 Å². The molecule has 0 amide bonds. The molecule has 0 saturated heterocycles. The monoisotopic (exact) mass is 578 g/mol. The van der Waals surface area contributed by atoms with Crippen molar-refractivity contribution in [2.75, 3.05) is 41.0 Å². The highest BCUT2D eigenvalue weighted by Gasteiger charge is 2.32. The van der Waals surface area contributed by atoms with Gasteiger partial charge in [-0.05, 0) is 61.9 Å². The molecule has 0 unspecified atom stereocenters. The van der Waals surface area contributed by atoms with Crippen molar-refractivity contribution < 1.29 is 27.2 Å². The first-order valence-electron chi connectivity index (χ1n) is 13.7. The summed E-state index contributed by atoms with van der Waals surface area (Å²) in [5.74, 6) is 2.28. The molecule has 8 nitrogen and oxygen atoms in total. The largest absolute Gasteiger partial charge is 0.494 e. The Hall–Kier alpha value is -3.82. The Morgan fingerprint density at radius 3 is 2.27 bits per heavy atom. The van der Waals surface area contributed by atoms with Crippen LogP contribution in [0.1, 0.15) is 37.5 Å². The molecule has 0 aliphatic carbocycles. The van der Waals surface area contributed by atoms with Gasteiger partial charge in [-0.15, -0.1) is 0 Å². The number of hydrogen-bond donors (Lipinski definition) is 0. The third-order valence-electron chi connectivity index (χ3n) is 6.83. The molecule has 0 saturated carbocycles. The maximum Gasteiger partial charge on any atom is 0.212 e. The predicted molar refractivity (Wildman–Crippen MR) is 159 cm³/mol. The van der Waals surface area contributed by atoms with Crippen molar-refractivity contribution in [3.05, 3.63) is 84.1 Å². The summed E-state index contributed by atoms with van der Waals surface area (Å²) in [7, 11) is 1.48. The lowest BCUT2D eigenvalue weighted by Crippen LogP contribution is -2.23. The Morgan fingerprint density at radius 1 is 0.902 bits per heavy atom. The third-order valence-corrected chi connectivity index (χ3v) is 8.66. The molecule has 4 aromatic rings. The van der Waals surface area contributed by atoms with Crippen molar-refractivity contribution in [2.45, 2.75) is 42.4 Å². The summed E-state index contributed by atoms with van der Waals surface area (Å²) in [6.07, 6.45) is 1.73. The average Bonchev–Trinajstić information content (AvgIpc) is 3.46. The van der Waals surface area contributed by atoms with Crippen LogP contribution in [0, 0.1) is 0 Å². The molecule has 218 valence electrons. The maximum absolute atomic E-state index is 13.7. The van der Waals surface area contributed by atoms with Crippen molar-refractivity contribution >= 4 is 9.84 Å². The van der Waals surface area contributed by atoms with E-state index >= 15 is 0 Å². The van der Waals surface area contributed by atoms with E-state index in [4.69, 9.17) is 18.7 Å². The highest BCUT2D eigenvalue weighted by molar-refractivity contribution is 7.91. The molecular weight excluding hydrogens is 540 g/mol. The standard InChI is InChI=1S/C32H38N2O6S/c1-23(2)31-32(30(33-40-31)25-10-7-6-8-11-25)41(35,36)27-15-13-26(14-16-27)39-21-9-19-34(3)20-18-24-12-17-28(37-4)29(22-24)38-5/h6-8,10-17,22-23H,9,18-21H2,1-5H3. The van der Waals surface area contributed by atoms with Crippen LogP contribution >= 0.6 is 0 Å². The number of aromatic nitrogens is 1. The minimum atomic E-state index is -3.87. The van der Waals surface area contributed by atoms with Crippen LogP contribution in [-0.2, 0) is 16.3 Å². The van der Waals surface area contributed by atoms with E-state index in [0.717, 1.165) is 37.4 Å². The van der Waals surface area contributed by atoms with Crippen LogP contribution in [-0.4, -0.2) is 59.4 Å². The van der Waals surface area contributed by atoms with Gasteiger partial charge in [-0.3, -0.25) is 0 Å². The molecule has 0 N–H and O–H groups in total. The summed E-state index contributed by atoms with van der Waals surface area (Å²) in [6.45, 7) is 6.06. The molecule has 0 bridgehead atoms. The minimum Gasteiger partial charge on any atom is -0.494 e. The van der Waals surface area contributed by atoms with Gasteiger partial charge in [-0.2, -0.15) is 0 Å². The molecule has 3 aromatic carbocycles. The SMILES string of the molecule is COc1ccc(CCN(C)CCCOc2ccc(S(=O)(=O)c3c(-c4ccccc4)noc3C(C)C)cc2)cc1OC. The lowest BCUT2D eigenvalue weighted by Gasteiger charge is -2.17. The maximum atomic E-state index is 13.7. The van der Waals surface area contributed by atoms with Gasteiger partial charge in [-0.1, -0.05) is 55.4 Å². The predicted octanol–water partition coefficient (Wildman–Crippen LogP) is 6.26. The fourth-order valence-corrected chi connectivity index (χ4v) is 6.20. The molecule has 0 radical (unpaired) electrons. The molecule has 1 heterocycles. The van der Waals surface area contributed by atoms with Gasteiger partial charge in [0.1, 0.15) is 16.3 Å². The second-order valence-corrected chi connectivity index (χ2v) is 12.1. The summed E-state index contributed by atoms with van der Waals surface area (Å²) in [5, 5.41) is 4.13. The first-order chi connectivity index (χ1) is 19.7. The van der Waals surface area contributed by atoms with Crippen molar-refractivity contribution in [3.63, 3.8) is 0 Å². The minimum absolute atomic E-state index is 0.114. The van der Waals surface area contributed by atoms with E-state index in [2.05, 4.69) is 23.2 Å². The molecule has 1 aromatic heterocycles. The number of likely N-dealkylation sites (N-methyl/N-ethyl adjacent to an activating group) is 1. The Bertz CT molecular complexity index is 1520. The van der Waals surface area contributed by atoms with E-state index in [0.29, 0.717) is 29.4 Å². The molecule has 0 fully saturated rings. The van der Waals surface area contributed by atoms with Crippen LogP contribution in [0.2, 0.25) is 0 Å². The Balaban J connectivity index is 1.33. The summed E-state index contributed by atoms with van der Waals surface area (Å²) in [4.78, 5) is 2.54. The third kappa shape index (κ3) is 7.28. The molecule has 9 heteroatoms. The second-order valence-electron chi connectivity index (χ2n) is 10.2. The molecule has 0 aliphatic heterocycles. The quantitative estimate of drug-likeness (QED) is 0.162. The highest BCUT2D eigenvalue weighted by atomic mass is 32.2. The zero-order chi connectivity index (χ0) is 29.4. The highest BCUT2D eigenvalue weighted by Crippen LogP contribution is 2.37. The molecule has 0 spiro atoms. The van der Waals surface area contributed by atoms with E-state index in [1.807, 2.05) is 56.3 Å². The van der Waals surface area contributed by atoms with Gasteiger partial charge in [0.25, 0.3) is 0 Å². The van der Waals surface area contributed by atoms with E-state index in [9.17, 15) is 8.42 Å². The summed E-state index contributed by atoms with van der Waals surface area (Å²) >= 11 is 0. The number of ether oxygens (including phenoxy) is 3. The summed E-state index contributed by atoms with van der Waals surface area (Å²) in [5.41, 5.74) is 2.20. The fourth-order valence-electron chi connectivity index (χ4n) is 4.53. The van der Waals surface area contributed by atoms with Gasteiger partial charge in [0, 0.05) is 24.6 Å². The van der Waals surface area contributed by atoms with Crippen molar-refractivity contribution in [2.24, 2.45) is 0 Å². The molecule has 4 rings (SSSR count). The van der Waals surface area contributed by atoms with Gasteiger partial charge in [0.2, 0.25) is 9.84 Å². The number of rotatable bonds is 14. The van der Waals surface area contributed by atoms with E-state index < -0.39 is 9.84 Å². The van der Waals surface area contributed by atoms with Gasteiger partial charge < -0.3 is 23.6 Å². The normalized spacial score (nSPS) is 11.7. The topological polar surface area (TPSA) is 91.1 Å². The van der Waals surface area contributed by atoms with E-state index in [1.54, 1.807) is 38.5 Å². The zero-order valence-electron chi connectivity index (χ0n) is 24.3. The van der Waals surface area contributed by atoms with Crippen LogP contribution < -0.4 is 14.2 Å². The molecular formula is C32H38N2O6S. The van der Waals surface area contributed by atoms with Gasteiger partial charge in [0.05, 0.1) is 25.7 Å². The number of hydrogen-bond acceptors (Lipinski definition) is 8. The van der Waals surface area contributed by atoms with Crippen molar-refractivity contribution in [3.8, 4) is 28.5 Å². The number of nitrogens with zero attached hydrogens (tertiary/aromatic N) is 2. The first kappa shape index (κ1) is 30.1. The van der Waals surface area contributed by atoms with Crippen LogP contribution in [0.3, 0.4) is 0 Å². The lowest BCUT2D eigenvalue weighted by atomic mass is 10.1. The Morgan fingerprint density at radius 2 is 1.61 bits per heavy atom. The number of sulfone groups is 1. The molecule has 0 aliphatic rings. The number of methoxy groups -OCH3 is 2.